The van der Waals surface area contributed by atoms with Crippen LogP contribution in [0.25, 0.3) is 10.3 Å². The molecule has 1 atom stereocenters. The van der Waals surface area contributed by atoms with Crippen molar-refractivity contribution >= 4 is 32.7 Å². The van der Waals surface area contributed by atoms with Crippen LogP contribution in [0.4, 0.5) is 9.52 Å². The van der Waals surface area contributed by atoms with Crippen LogP contribution in [-0.4, -0.2) is 28.5 Å². The first-order valence-electron chi connectivity index (χ1n) is 9.73. The fourth-order valence-electron chi connectivity index (χ4n) is 3.76. The molecule has 144 valence electrons. The molecule has 2 fully saturated rings. The number of carbonyl (C=O) groups excluding carboxylic acids is 1. The number of halogens is 1. The lowest BCUT2D eigenvalue weighted by Gasteiger charge is -2.23. The molecule has 1 amide bonds. The van der Waals surface area contributed by atoms with Crippen LogP contribution >= 0.6 is 11.3 Å². The Kier molecular flexibility index (Phi) is 4.47. The van der Waals surface area contributed by atoms with Crippen LogP contribution in [0, 0.1) is 5.82 Å². The van der Waals surface area contributed by atoms with E-state index in [-0.39, 0.29) is 17.8 Å². The average molecular weight is 396 g/mol. The number of nitrogens with one attached hydrogen (secondary N) is 1. The Morgan fingerprint density at radius 1 is 1.25 bits per heavy atom. The molecule has 1 aromatic carbocycles. The van der Waals surface area contributed by atoms with Crippen LogP contribution in [-0.2, 0) is 11.3 Å². The van der Waals surface area contributed by atoms with Gasteiger partial charge in [0, 0.05) is 19.3 Å². The maximum atomic E-state index is 13.0. The van der Waals surface area contributed by atoms with Crippen LogP contribution < -0.4 is 10.2 Å². The Labute approximate surface area is 166 Å². The molecule has 1 saturated carbocycles. The first-order chi connectivity index (χ1) is 13.7. The van der Waals surface area contributed by atoms with Crippen molar-refractivity contribution < 1.29 is 9.18 Å². The maximum absolute atomic E-state index is 13.0. The highest BCUT2D eigenvalue weighted by Crippen LogP contribution is 2.41. The molecule has 0 unspecified atom stereocenters. The van der Waals surface area contributed by atoms with Gasteiger partial charge in [-0.2, -0.15) is 4.98 Å². The minimum Gasteiger partial charge on any atom is -0.350 e. The molecule has 7 heteroatoms. The summed E-state index contributed by atoms with van der Waals surface area (Å²) >= 11 is 1.62. The monoisotopic (exact) mass is 396 g/mol. The molecule has 1 saturated heterocycles. The Bertz CT molecular complexity index is 1010. The van der Waals surface area contributed by atoms with Crippen LogP contribution in [0.2, 0.25) is 0 Å². The van der Waals surface area contributed by atoms with Crippen molar-refractivity contribution in [2.45, 2.75) is 44.2 Å². The highest BCUT2D eigenvalue weighted by molar-refractivity contribution is 7.22. The van der Waals surface area contributed by atoms with Crippen molar-refractivity contribution in [3.8, 4) is 0 Å². The molecule has 2 aromatic heterocycles. The van der Waals surface area contributed by atoms with Crippen molar-refractivity contribution in [2.75, 3.05) is 11.4 Å². The van der Waals surface area contributed by atoms with E-state index in [9.17, 15) is 9.18 Å². The molecule has 1 N–H and O–H groups in total. The molecule has 0 bridgehead atoms. The normalized spacial score (nSPS) is 19.3. The van der Waals surface area contributed by atoms with E-state index in [0.29, 0.717) is 12.5 Å². The predicted molar refractivity (Wildman–Crippen MR) is 108 cm³/mol. The lowest BCUT2D eigenvalue weighted by atomic mass is 10.2. The Hall–Kier alpha value is -2.54. The number of amides is 1. The highest BCUT2D eigenvalue weighted by atomic mass is 32.1. The second-order valence-corrected chi connectivity index (χ2v) is 8.57. The molecule has 5 nitrogen and oxygen atoms in total. The van der Waals surface area contributed by atoms with Gasteiger partial charge in [0.05, 0.1) is 4.70 Å². The van der Waals surface area contributed by atoms with E-state index >= 15 is 0 Å². The zero-order chi connectivity index (χ0) is 19.1. The van der Waals surface area contributed by atoms with E-state index in [1.165, 1.54) is 30.5 Å². The molecule has 0 radical (unpaired) electrons. The van der Waals surface area contributed by atoms with Crippen LogP contribution in [0.3, 0.4) is 0 Å². The van der Waals surface area contributed by atoms with E-state index in [4.69, 9.17) is 0 Å². The van der Waals surface area contributed by atoms with Gasteiger partial charge in [-0.05, 0) is 60.9 Å². The molecule has 2 aliphatic rings. The number of fused-ring (bicyclic) bond motifs is 1. The SMILES string of the molecule is O=C(NCc1ccc(F)cc1)[C@H]1CCCN1c1nc2ncc(C3CC3)cc2s1. The summed E-state index contributed by atoms with van der Waals surface area (Å²) in [6.45, 7) is 1.22. The zero-order valence-electron chi connectivity index (χ0n) is 15.4. The summed E-state index contributed by atoms with van der Waals surface area (Å²) in [5.41, 5.74) is 2.95. The fraction of sp³-hybridized carbons (Fsp3) is 0.381. The van der Waals surface area contributed by atoms with Gasteiger partial charge in [0.15, 0.2) is 10.8 Å². The minimum absolute atomic E-state index is 0.00675. The third-order valence-electron chi connectivity index (χ3n) is 5.49. The van der Waals surface area contributed by atoms with Gasteiger partial charge in [-0.15, -0.1) is 0 Å². The highest BCUT2D eigenvalue weighted by Gasteiger charge is 2.33. The summed E-state index contributed by atoms with van der Waals surface area (Å²) in [4.78, 5) is 24.1. The molecule has 5 rings (SSSR count). The Balaban J connectivity index is 1.31. The zero-order valence-corrected chi connectivity index (χ0v) is 16.2. The van der Waals surface area contributed by atoms with Gasteiger partial charge in [-0.25, -0.2) is 9.37 Å². The standard InChI is InChI=1S/C21H21FN4OS/c22-16-7-3-13(4-8-16)11-24-20(27)17-2-1-9-26(17)21-25-19-18(28-21)10-15(12-23-19)14-5-6-14/h3-4,7-8,10,12,14,17H,1-2,5-6,9,11H2,(H,24,27)/t17-/m1/s1. The Morgan fingerprint density at radius 2 is 2.07 bits per heavy atom. The molecule has 1 aliphatic carbocycles. The third-order valence-corrected chi connectivity index (χ3v) is 6.52. The van der Waals surface area contributed by atoms with Gasteiger partial charge in [-0.1, -0.05) is 23.5 Å². The second kappa shape index (κ2) is 7.13. The van der Waals surface area contributed by atoms with Crippen molar-refractivity contribution in [1.29, 1.82) is 0 Å². The Morgan fingerprint density at radius 3 is 2.86 bits per heavy atom. The molecule has 3 heterocycles. The van der Waals surface area contributed by atoms with Gasteiger partial charge in [0.2, 0.25) is 5.91 Å². The van der Waals surface area contributed by atoms with Crippen molar-refractivity contribution in [2.24, 2.45) is 0 Å². The topological polar surface area (TPSA) is 58.1 Å². The summed E-state index contributed by atoms with van der Waals surface area (Å²) in [5, 5.41) is 3.85. The predicted octanol–water partition coefficient (Wildman–Crippen LogP) is 3.99. The van der Waals surface area contributed by atoms with E-state index in [1.807, 2.05) is 6.20 Å². The molecule has 3 aromatic rings. The second-order valence-electron chi connectivity index (χ2n) is 7.56. The molecule has 0 spiro atoms. The number of thiazole rings is 1. The largest absolute Gasteiger partial charge is 0.350 e. The van der Waals surface area contributed by atoms with Crippen molar-refractivity contribution in [3.63, 3.8) is 0 Å². The van der Waals surface area contributed by atoms with E-state index < -0.39 is 0 Å². The van der Waals surface area contributed by atoms with Crippen LogP contribution in [0.15, 0.2) is 36.5 Å². The number of nitrogens with zero attached hydrogens (tertiary/aromatic N) is 3. The number of hydrogen-bond donors (Lipinski definition) is 1. The number of rotatable bonds is 5. The van der Waals surface area contributed by atoms with E-state index in [1.54, 1.807) is 23.5 Å². The van der Waals surface area contributed by atoms with Gasteiger partial charge >= 0.3 is 0 Å². The first kappa shape index (κ1) is 17.6. The smallest absolute Gasteiger partial charge is 0.243 e. The number of hydrogen-bond acceptors (Lipinski definition) is 5. The molecule has 1 aliphatic heterocycles. The van der Waals surface area contributed by atoms with E-state index in [0.717, 1.165) is 40.4 Å². The van der Waals surface area contributed by atoms with Crippen molar-refractivity contribution in [3.05, 3.63) is 53.5 Å². The third kappa shape index (κ3) is 3.46. The summed E-state index contributed by atoms with van der Waals surface area (Å²) in [6.07, 6.45) is 6.22. The van der Waals surface area contributed by atoms with E-state index in [2.05, 4.69) is 26.3 Å². The first-order valence-corrected chi connectivity index (χ1v) is 10.5. The van der Waals surface area contributed by atoms with Gasteiger partial charge in [-0.3, -0.25) is 4.79 Å². The average Bonchev–Trinajstić information content (AvgIpc) is 3.28. The number of pyridine rings is 1. The molecular weight excluding hydrogens is 375 g/mol. The van der Waals surface area contributed by atoms with Gasteiger partial charge in [0.25, 0.3) is 0 Å². The quantitative estimate of drug-likeness (QED) is 0.708. The van der Waals surface area contributed by atoms with Gasteiger partial charge < -0.3 is 10.2 Å². The number of carbonyl (C=O) groups is 1. The van der Waals surface area contributed by atoms with Gasteiger partial charge in [0.1, 0.15) is 11.9 Å². The van der Waals surface area contributed by atoms with Crippen LogP contribution in [0.5, 0.6) is 0 Å². The summed E-state index contributed by atoms with van der Waals surface area (Å²) < 4.78 is 14.1. The van der Waals surface area contributed by atoms with Crippen molar-refractivity contribution in [1.82, 2.24) is 15.3 Å². The summed E-state index contributed by atoms with van der Waals surface area (Å²) in [6, 6.07) is 8.20. The minimum atomic E-state index is -0.272. The lowest BCUT2D eigenvalue weighted by Crippen LogP contribution is -2.43. The lowest BCUT2D eigenvalue weighted by molar-refractivity contribution is -0.122. The number of benzene rings is 1. The summed E-state index contributed by atoms with van der Waals surface area (Å²) in [7, 11) is 0. The maximum Gasteiger partial charge on any atom is 0.243 e. The number of anilines is 1. The molecule has 28 heavy (non-hydrogen) atoms. The van der Waals surface area contributed by atoms with Crippen LogP contribution in [0.1, 0.15) is 42.7 Å². The molecular formula is C21H21FN4OS. The number of aromatic nitrogens is 2. The summed E-state index contributed by atoms with van der Waals surface area (Å²) in [5.74, 6) is 0.387. The fourth-order valence-corrected chi connectivity index (χ4v) is 4.81.